The molecule has 2 nitrogen and oxygen atoms in total. The molecule has 0 N–H and O–H groups in total. The molecule has 2 aliphatic carbocycles. The summed E-state index contributed by atoms with van der Waals surface area (Å²) < 4.78 is 11.2. The summed E-state index contributed by atoms with van der Waals surface area (Å²) in [5.41, 5.74) is 3.32. The molecular formula is C23H34O2. The van der Waals surface area contributed by atoms with Crippen molar-refractivity contribution in [2.75, 3.05) is 14.2 Å². The molecule has 2 heteroatoms. The van der Waals surface area contributed by atoms with E-state index in [1.807, 2.05) is 12.1 Å². The topological polar surface area (TPSA) is 18.5 Å². The Labute approximate surface area is 153 Å². The predicted molar refractivity (Wildman–Crippen MR) is 104 cm³/mol. The quantitative estimate of drug-likeness (QED) is 0.621. The highest BCUT2D eigenvalue weighted by atomic mass is 16.5. The second-order valence-corrected chi connectivity index (χ2v) is 8.77. The number of methoxy groups -OCH3 is 2. The van der Waals surface area contributed by atoms with Gasteiger partial charge in [0.15, 0.2) is 0 Å². The van der Waals surface area contributed by atoms with Crippen LogP contribution >= 0.6 is 0 Å². The predicted octanol–water partition coefficient (Wildman–Crippen LogP) is 6.05. The Hall–Kier alpha value is -1.44. The van der Waals surface area contributed by atoms with Gasteiger partial charge >= 0.3 is 0 Å². The largest absolute Gasteiger partial charge is 0.497 e. The van der Waals surface area contributed by atoms with Crippen molar-refractivity contribution in [3.8, 4) is 11.5 Å². The van der Waals surface area contributed by atoms with E-state index >= 15 is 0 Å². The van der Waals surface area contributed by atoms with Crippen molar-refractivity contribution in [2.24, 2.45) is 22.7 Å². The van der Waals surface area contributed by atoms with Crippen LogP contribution < -0.4 is 9.47 Å². The van der Waals surface area contributed by atoms with E-state index in [1.165, 1.54) is 43.2 Å². The summed E-state index contributed by atoms with van der Waals surface area (Å²) in [5.74, 6) is 3.29. The first-order valence-electron chi connectivity index (χ1n) is 9.74. The number of allylic oxidation sites excluding steroid dienone is 1. The molecule has 0 bridgehead atoms. The van der Waals surface area contributed by atoms with Crippen LogP contribution in [0.2, 0.25) is 0 Å². The molecule has 3 rings (SSSR count). The van der Waals surface area contributed by atoms with Gasteiger partial charge in [0.05, 0.1) is 14.2 Å². The van der Waals surface area contributed by atoms with Crippen molar-refractivity contribution in [3.63, 3.8) is 0 Å². The Kier molecular flexibility index (Phi) is 4.92. The minimum atomic E-state index is 0.260. The van der Waals surface area contributed by atoms with E-state index in [2.05, 4.69) is 33.4 Å². The van der Waals surface area contributed by atoms with E-state index in [-0.39, 0.29) is 5.41 Å². The summed E-state index contributed by atoms with van der Waals surface area (Å²) in [7, 11) is 3.50. The molecule has 0 spiro atoms. The highest BCUT2D eigenvalue weighted by Crippen LogP contribution is 2.62. The monoisotopic (exact) mass is 342 g/mol. The Morgan fingerprint density at radius 3 is 2.60 bits per heavy atom. The molecule has 0 saturated heterocycles. The summed E-state index contributed by atoms with van der Waals surface area (Å²) in [6.07, 6.45) is 7.44. The summed E-state index contributed by atoms with van der Waals surface area (Å²) in [5, 5.41) is 0. The van der Waals surface area contributed by atoms with E-state index < -0.39 is 0 Å². The summed E-state index contributed by atoms with van der Waals surface area (Å²) in [6, 6.07) is 6.20. The van der Waals surface area contributed by atoms with Gasteiger partial charge in [-0.1, -0.05) is 32.9 Å². The average molecular weight is 343 g/mol. The SMILES string of the molecule is C=C1CCC[C@H]2[C@](C)(Cc3cc(OC)ccc3OC)[C@H](C)CC[C@]12C. The van der Waals surface area contributed by atoms with Gasteiger partial charge in [-0.05, 0) is 85.0 Å². The van der Waals surface area contributed by atoms with Crippen LogP contribution in [0.15, 0.2) is 30.4 Å². The maximum Gasteiger partial charge on any atom is 0.122 e. The Balaban J connectivity index is 2.00. The molecule has 1 aromatic carbocycles. The summed E-state index contributed by atoms with van der Waals surface area (Å²) in [6.45, 7) is 11.9. The van der Waals surface area contributed by atoms with Crippen molar-refractivity contribution >= 4 is 0 Å². The Morgan fingerprint density at radius 1 is 1.16 bits per heavy atom. The van der Waals surface area contributed by atoms with E-state index in [9.17, 15) is 0 Å². The van der Waals surface area contributed by atoms with Gasteiger partial charge in [0.2, 0.25) is 0 Å². The van der Waals surface area contributed by atoms with Crippen molar-refractivity contribution in [3.05, 3.63) is 35.9 Å². The zero-order valence-electron chi connectivity index (χ0n) is 16.7. The average Bonchev–Trinajstić information content (AvgIpc) is 2.60. The molecule has 0 radical (unpaired) electrons. The molecule has 0 aliphatic heterocycles. The second-order valence-electron chi connectivity index (χ2n) is 8.77. The molecule has 4 atom stereocenters. The van der Waals surface area contributed by atoms with Crippen LogP contribution in [0.4, 0.5) is 0 Å². The molecule has 2 saturated carbocycles. The van der Waals surface area contributed by atoms with Crippen LogP contribution in [0.1, 0.15) is 58.4 Å². The first-order valence-corrected chi connectivity index (χ1v) is 9.74. The lowest BCUT2D eigenvalue weighted by Crippen LogP contribution is -2.51. The molecular weight excluding hydrogens is 308 g/mol. The third kappa shape index (κ3) is 2.98. The number of hydrogen-bond donors (Lipinski definition) is 0. The Bertz CT molecular complexity index is 649. The lowest BCUT2D eigenvalue weighted by Gasteiger charge is -2.59. The van der Waals surface area contributed by atoms with Gasteiger partial charge in [0.25, 0.3) is 0 Å². The third-order valence-electron chi connectivity index (χ3n) is 7.63. The van der Waals surface area contributed by atoms with Crippen LogP contribution in [0.5, 0.6) is 11.5 Å². The highest BCUT2D eigenvalue weighted by molar-refractivity contribution is 5.41. The second kappa shape index (κ2) is 6.70. The molecule has 0 heterocycles. The smallest absolute Gasteiger partial charge is 0.122 e. The van der Waals surface area contributed by atoms with E-state index in [0.29, 0.717) is 17.3 Å². The van der Waals surface area contributed by atoms with Crippen LogP contribution in [0.25, 0.3) is 0 Å². The minimum absolute atomic E-state index is 0.260. The van der Waals surface area contributed by atoms with Crippen LogP contribution in [-0.4, -0.2) is 14.2 Å². The summed E-state index contributed by atoms with van der Waals surface area (Å²) >= 11 is 0. The number of fused-ring (bicyclic) bond motifs is 1. The molecule has 0 aromatic heterocycles. The fraction of sp³-hybridized carbons (Fsp3) is 0.652. The number of benzene rings is 1. The number of ether oxygens (including phenoxy) is 2. The fourth-order valence-electron chi connectivity index (χ4n) is 5.70. The van der Waals surface area contributed by atoms with Gasteiger partial charge in [-0.15, -0.1) is 0 Å². The van der Waals surface area contributed by atoms with E-state index in [0.717, 1.165) is 17.9 Å². The standard InChI is InChI=1S/C23H34O2/c1-16-8-7-9-21-22(16,3)13-12-17(2)23(21,4)15-18-14-19(24-5)10-11-20(18)25-6/h10-11,14,17,21H,1,7-9,12-13,15H2,2-6H3/t17-,21-,22-,23-/m1/s1. The maximum atomic E-state index is 5.68. The lowest BCUT2D eigenvalue weighted by molar-refractivity contribution is -0.0491. The highest BCUT2D eigenvalue weighted by Gasteiger charge is 2.53. The van der Waals surface area contributed by atoms with Gasteiger partial charge < -0.3 is 9.47 Å². The van der Waals surface area contributed by atoms with Crippen LogP contribution in [0, 0.1) is 22.7 Å². The zero-order chi connectivity index (χ0) is 18.2. The number of rotatable bonds is 4. The molecule has 2 aliphatic rings. The maximum absolute atomic E-state index is 5.68. The van der Waals surface area contributed by atoms with Gasteiger partial charge in [-0.25, -0.2) is 0 Å². The van der Waals surface area contributed by atoms with Gasteiger partial charge in [0, 0.05) is 0 Å². The van der Waals surface area contributed by atoms with E-state index in [4.69, 9.17) is 9.47 Å². The molecule has 0 amide bonds. The van der Waals surface area contributed by atoms with Crippen molar-refractivity contribution in [2.45, 2.75) is 59.3 Å². The number of hydrogen-bond acceptors (Lipinski definition) is 2. The van der Waals surface area contributed by atoms with Gasteiger partial charge in [-0.2, -0.15) is 0 Å². The molecule has 138 valence electrons. The van der Waals surface area contributed by atoms with Crippen molar-refractivity contribution in [1.82, 2.24) is 0 Å². The van der Waals surface area contributed by atoms with Gasteiger partial charge in [0.1, 0.15) is 11.5 Å². The minimum Gasteiger partial charge on any atom is -0.497 e. The summed E-state index contributed by atoms with van der Waals surface area (Å²) in [4.78, 5) is 0. The zero-order valence-corrected chi connectivity index (χ0v) is 16.7. The first kappa shape index (κ1) is 18.4. The third-order valence-corrected chi connectivity index (χ3v) is 7.63. The molecule has 2 fully saturated rings. The van der Waals surface area contributed by atoms with Crippen LogP contribution in [-0.2, 0) is 6.42 Å². The lowest BCUT2D eigenvalue weighted by atomic mass is 9.46. The van der Waals surface area contributed by atoms with Gasteiger partial charge in [-0.3, -0.25) is 0 Å². The molecule has 25 heavy (non-hydrogen) atoms. The van der Waals surface area contributed by atoms with Crippen molar-refractivity contribution in [1.29, 1.82) is 0 Å². The van der Waals surface area contributed by atoms with E-state index in [1.54, 1.807) is 14.2 Å². The molecule has 0 unspecified atom stereocenters. The fourth-order valence-corrected chi connectivity index (χ4v) is 5.70. The first-order chi connectivity index (χ1) is 11.8. The Morgan fingerprint density at radius 2 is 1.92 bits per heavy atom. The van der Waals surface area contributed by atoms with Crippen LogP contribution in [0.3, 0.4) is 0 Å². The molecule has 1 aromatic rings. The normalized spacial score (nSPS) is 35.2. The van der Waals surface area contributed by atoms with Crippen molar-refractivity contribution < 1.29 is 9.47 Å².